The number of alkyl halides is 6. The molecule has 0 spiro atoms. The molecule has 1 heterocycles. The predicted molar refractivity (Wildman–Crippen MR) is 94.7 cm³/mol. The van der Waals surface area contributed by atoms with Gasteiger partial charge in [0, 0.05) is 15.9 Å². The van der Waals surface area contributed by atoms with Gasteiger partial charge in [-0.05, 0) is 35.9 Å². The maximum Gasteiger partial charge on any atom is 0.418 e. The van der Waals surface area contributed by atoms with Crippen LogP contribution in [-0.4, -0.2) is 24.3 Å². The van der Waals surface area contributed by atoms with Crippen LogP contribution in [0.1, 0.15) is 16.7 Å². The molecule has 0 amide bonds. The molecule has 1 N–H and O–H groups in total. The number of benzene rings is 2. The molecule has 0 radical (unpaired) electrons. The molecule has 3 rings (SSSR count). The van der Waals surface area contributed by atoms with Crippen LogP contribution >= 0.6 is 11.8 Å². The summed E-state index contributed by atoms with van der Waals surface area (Å²) < 4.78 is 92.5. The zero-order valence-electron chi connectivity index (χ0n) is 14.8. The lowest BCUT2D eigenvalue weighted by atomic mass is 9.99. The first-order valence-electron chi connectivity index (χ1n) is 8.26. The van der Waals surface area contributed by atoms with Gasteiger partial charge in [-0.1, -0.05) is 17.8 Å². The number of rotatable bonds is 4. The van der Waals surface area contributed by atoms with Crippen LogP contribution in [0, 0.1) is 0 Å². The van der Waals surface area contributed by atoms with Gasteiger partial charge in [0.05, 0.1) is 11.1 Å². The maximum atomic E-state index is 13.7. The van der Waals surface area contributed by atoms with Crippen molar-refractivity contribution in [3.8, 4) is 11.5 Å². The molecule has 4 nitrogen and oxygen atoms in total. The molecular formula is C19H12F6O4S. The third-order valence-electron chi connectivity index (χ3n) is 3.91. The van der Waals surface area contributed by atoms with Gasteiger partial charge in [-0.2, -0.15) is 26.3 Å². The summed E-state index contributed by atoms with van der Waals surface area (Å²) in [4.78, 5) is 10.2. The summed E-state index contributed by atoms with van der Waals surface area (Å²) in [6, 6.07) is 5.92. The SMILES string of the molecule is O=C(O)C=Cc1ccc(Sc2ccc3c(c2)OCCO3)c(C(F)(F)F)c1C(F)(F)F. The second-order valence-corrected chi connectivity index (χ2v) is 7.09. The number of ether oxygens (including phenoxy) is 2. The Morgan fingerprint density at radius 2 is 1.57 bits per heavy atom. The van der Waals surface area contributed by atoms with Crippen molar-refractivity contribution < 1.29 is 45.7 Å². The van der Waals surface area contributed by atoms with Crippen LogP contribution in [0.15, 0.2) is 46.2 Å². The topological polar surface area (TPSA) is 55.8 Å². The average Bonchev–Trinajstić information content (AvgIpc) is 2.64. The second-order valence-electron chi connectivity index (χ2n) is 5.98. The summed E-state index contributed by atoms with van der Waals surface area (Å²) >= 11 is 0.481. The molecule has 160 valence electrons. The number of fused-ring (bicyclic) bond motifs is 1. The Labute approximate surface area is 170 Å². The molecule has 1 aliphatic heterocycles. The van der Waals surface area contributed by atoms with E-state index in [1.54, 1.807) is 0 Å². The van der Waals surface area contributed by atoms with E-state index in [9.17, 15) is 31.1 Å². The lowest BCUT2D eigenvalue weighted by Gasteiger charge is -2.22. The Morgan fingerprint density at radius 3 is 2.17 bits per heavy atom. The number of hydrogen-bond acceptors (Lipinski definition) is 4. The van der Waals surface area contributed by atoms with E-state index in [0.717, 1.165) is 12.1 Å². The molecule has 2 aromatic rings. The number of aliphatic carboxylic acids is 1. The summed E-state index contributed by atoms with van der Waals surface area (Å²) in [6.07, 6.45) is -9.88. The summed E-state index contributed by atoms with van der Waals surface area (Å²) in [5, 5.41) is 8.63. The largest absolute Gasteiger partial charge is 0.486 e. The second kappa shape index (κ2) is 8.13. The number of carboxylic acids is 1. The molecular weight excluding hydrogens is 438 g/mol. The lowest BCUT2D eigenvalue weighted by molar-refractivity contribution is -0.163. The van der Waals surface area contributed by atoms with E-state index in [2.05, 4.69) is 0 Å². The fourth-order valence-electron chi connectivity index (χ4n) is 2.79. The fraction of sp³-hybridized carbons (Fsp3) is 0.211. The number of halogens is 6. The molecule has 11 heteroatoms. The number of hydrogen-bond donors (Lipinski definition) is 1. The van der Waals surface area contributed by atoms with E-state index in [4.69, 9.17) is 14.6 Å². The third kappa shape index (κ3) is 4.84. The van der Waals surface area contributed by atoms with Gasteiger partial charge in [-0.25, -0.2) is 4.79 Å². The van der Waals surface area contributed by atoms with E-state index in [0.29, 0.717) is 36.3 Å². The summed E-state index contributed by atoms with van der Waals surface area (Å²) in [7, 11) is 0. The molecule has 1 aliphatic rings. The minimum Gasteiger partial charge on any atom is -0.486 e. The highest BCUT2D eigenvalue weighted by molar-refractivity contribution is 7.99. The van der Waals surface area contributed by atoms with Crippen LogP contribution < -0.4 is 9.47 Å². The summed E-state index contributed by atoms with van der Waals surface area (Å²) in [6.45, 7) is 0.537. The first-order valence-corrected chi connectivity index (χ1v) is 9.08. The molecule has 2 aromatic carbocycles. The minimum atomic E-state index is -5.37. The van der Waals surface area contributed by atoms with E-state index in [1.165, 1.54) is 18.2 Å². The molecule has 30 heavy (non-hydrogen) atoms. The van der Waals surface area contributed by atoms with Crippen molar-refractivity contribution in [3.63, 3.8) is 0 Å². The Morgan fingerprint density at radius 1 is 0.933 bits per heavy atom. The molecule has 0 saturated carbocycles. The van der Waals surface area contributed by atoms with Crippen molar-refractivity contribution in [3.05, 3.63) is 53.1 Å². The zero-order chi connectivity index (χ0) is 22.1. The van der Waals surface area contributed by atoms with E-state index >= 15 is 0 Å². The molecule has 0 aliphatic carbocycles. The Kier molecular flexibility index (Phi) is 5.93. The van der Waals surface area contributed by atoms with Gasteiger partial charge in [0.15, 0.2) is 11.5 Å². The van der Waals surface area contributed by atoms with Crippen LogP contribution in [0.3, 0.4) is 0 Å². The smallest absolute Gasteiger partial charge is 0.418 e. The van der Waals surface area contributed by atoms with Crippen LogP contribution in [-0.2, 0) is 17.1 Å². The molecule has 0 unspecified atom stereocenters. The van der Waals surface area contributed by atoms with Crippen molar-refractivity contribution in [1.29, 1.82) is 0 Å². The van der Waals surface area contributed by atoms with Gasteiger partial charge in [-0.15, -0.1) is 0 Å². The lowest BCUT2D eigenvalue weighted by Crippen LogP contribution is -2.19. The first kappa shape index (κ1) is 21.9. The first-order chi connectivity index (χ1) is 14.0. The number of carbonyl (C=O) groups is 1. The highest BCUT2D eigenvalue weighted by atomic mass is 32.2. The van der Waals surface area contributed by atoms with Gasteiger partial charge in [0.1, 0.15) is 13.2 Å². The molecule has 0 saturated heterocycles. The predicted octanol–water partition coefficient (Wildman–Crippen LogP) is 5.74. The van der Waals surface area contributed by atoms with Crippen LogP contribution in [0.25, 0.3) is 6.08 Å². The normalized spacial score (nSPS) is 14.2. The number of carboxylic acid groups (broad SMARTS) is 1. The molecule has 0 aromatic heterocycles. The molecule has 0 fully saturated rings. The summed E-state index contributed by atoms with van der Waals surface area (Å²) in [5.41, 5.74) is -4.73. The monoisotopic (exact) mass is 450 g/mol. The fourth-order valence-corrected chi connectivity index (χ4v) is 3.80. The Bertz CT molecular complexity index is 998. The Hall–Kier alpha value is -2.82. The van der Waals surface area contributed by atoms with Gasteiger partial charge in [0.25, 0.3) is 0 Å². The quantitative estimate of drug-likeness (QED) is 0.475. The van der Waals surface area contributed by atoms with Crippen LogP contribution in [0.5, 0.6) is 11.5 Å². The van der Waals surface area contributed by atoms with E-state index in [1.807, 2.05) is 0 Å². The van der Waals surface area contributed by atoms with Gasteiger partial charge in [-0.3, -0.25) is 0 Å². The van der Waals surface area contributed by atoms with Crippen molar-refractivity contribution in [2.75, 3.05) is 13.2 Å². The van der Waals surface area contributed by atoms with Gasteiger partial charge in [0.2, 0.25) is 0 Å². The average molecular weight is 450 g/mol. The van der Waals surface area contributed by atoms with Crippen molar-refractivity contribution in [2.24, 2.45) is 0 Å². The highest BCUT2D eigenvalue weighted by Crippen LogP contribution is 2.48. The van der Waals surface area contributed by atoms with Crippen molar-refractivity contribution in [1.82, 2.24) is 0 Å². The zero-order valence-corrected chi connectivity index (χ0v) is 15.6. The highest BCUT2D eigenvalue weighted by Gasteiger charge is 2.46. The van der Waals surface area contributed by atoms with Crippen LogP contribution in [0.2, 0.25) is 0 Å². The summed E-state index contributed by atoms with van der Waals surface area (Å²) in [5.74, 6) is -0.935. The Balaban J connectivity index is 2.14. The molecule has 0 bridgehead atoms. The van der Waals surface area contributed by atoms with Crippen molar-refractivity contribution in [2.45, 2.75) is 22.1 Å². The maximum absolute atomic E-state index is 13.7. The van der Waals surface area contributed by atoms with Crippen molar-refractivity contribution >= 4 is 23.8 Å². The minimum absolute atomic E-state index is 0.215. The van der Waals surface area contributed by atoms with E-state index in [-0.39, 0.29) is 17.3 Å². The third-order valence-corrected chi connectivity index (χ3v) is 4.96. The van der Waals surface area contributed by atoms with Gasteiger partial charge >= 0.3 is 18.3 Å². The molecule has 0 atom stereocenters. The standard InChI is InChI=1S/C19H12F6O4S/c20-18(21,22)16-10(2-6-15(26)27)1-5-14(17(16)19(23,24)25)30-11-3-4-12-13(9-11)29-8-7-28-12/h1-6,9H,7-8H2,(H,26,27). The van der Waals surface area contributed by atoms with Gasteiger partial charge < -0.3 is 14.6 Å². The van der Waals surface area contributed by atoms with Crippen LogP contribution in [0.4, 0.5) is 26.3 Å². The van der Waals surface area contributed by atoms with E-state index < -0.39 is 39.9 Å².